The van der Waals surface area contributed by atoms with Crippen molar-refractivity contribution in [3.05, 3.63) is 81.2 Å². The number of benzene rings is 2. The summed E-state index contributed by atoms with van der Waals surface area (Å²) in [5.41, 5.74) is 7.35. The van der Waals surface area contributed by atoms with Crippen LogP contribution in [0.2, 0.25) is 0 Å². The van der Waals surface area contributed by atoms with E-state index in [0.717, 1.165) is 16.1 Å². The third kappa shape index (κ3) is 4.42. The van der Waals surface area contributed by atoms with Gasteiger partial charge in [-0.15, -0.1) is 11.3 Å². The zero-order valence-electron chi connectivity index (χ0n) is 17.6. The number of thiazole rings is 1. The highest BCUT2D eigenvalue weighted by atomic mass is 32.1. The fourth-order valence-corrected chi connectivity index (χ4v) is 4.05. The fraction of sp³-hybridized carbons (Fsp3) is 0.174. The summed E-state index contributed by atoms with van der Waals surface area (Å²) >= 11 is 1.46. The quantitative estimate of drug-likeness (QED) is 0.458. The number of carbonyl (C=O) groups is 2. The van der Waals surface area contributed by atoms with E-state index in [9.17, 15) is 14.4 Å². The van der Waals surface area contributed by atoms with E-state index in [4.69, 9.17) is 0 Å². The fourth-order valence-electron chi connectivity index (χ4n) is 3.23. The van der Waals surface area contributed by atoms with E-state index < -0.39 is 11.8 Å². The second-order valence-electron chi connectivity index (χ2n) is 7.20. The number of hydrogen-bond acceptors (Lipinski definition) is 6. The predicted octanol–water partition coefficient (Wildman–Crippen LogP) is 2.85. The largest absolute Gasteiger partial charge is 0.290 e. The summed E-state index contributed by atoms with van der Waals surface area (Å²) < 4.78 is 1.22. The lowest BCUT2D eigenvalue weighted by molar-refractivity contribution is -0.121. The number of aromatic nitrogens is 3. The third-order valence-corrected chi connectivity index (χ3v) is 5.83. The minimum absolute atomic E-state index is 0.0191. The second kappa shape index (κ2) is 9.11. The first kappa shape index (κ1) is 21.4. The van der Waals surface area contributed by atoms with E-state index in [1.165, 1.54) is 16.0 Å². The van der Waals surface area contributed by atoms with Crippen molar-refractivity contribution in [1.82, 2.24) is 25.6 Å². The molecule has 0 radical (unpaired) electrons. The molecule has 0 fully saturated rings. The first-order valence-electron chi connectivity index (χ1n) is 10.1. The lowest BCUT2D eigenvalue weighted by atomic mass is 10.1. The van der Waals surface area contributed by atoms with Crippen LogP contribution in [0.15, 0.2) is 58.7 Å². The molecule has 0 saturated heterocycles. The molecular formula is C23H21N5O3S. The minimum atomic E-state index is -0.602. The molecule has 4 rings (SSSR count). The van der Waals surface area contributed by atoms with Gasteiger partial charge >= 0.3 is 0 Å². The number of rotatable bonds is 5. The van der Waals surface area contributed by atoms with Crippen molar-refractivity contribution in [2.24, 2.45) is 0 Å². The first-order valence-corrected chi connectivity index (χ1v) is 10.9. The molecule has 0 saturated carbocycles. The summed E-state index contributed by atoms with van der Waals surface area (Å²) in [4.78, 5) is 42.0. The van der Waals surface area contributed by atoms with Crippen LogP contribution in [-0.4, -0.2) is 26.6 Å². The standard InChI is InChI=1S/C23H21N5O3S/c1-3-28-23(31)18-7-5-4-6-17(18)20(27-28)21(30)26-25-19(29)12-16-13-32-22(24-16)15-10-8-14(2)9-11-15/h4-11,13H,3,12H2,1-2H3,(H,25,29)(H,26,30). The Balaban J connectivity index is 1.44. The van der Waals surface area contributed by atoms with Crippen LogP contribution in [0.4, 0.5) is 0 Å². The Labute approximate surface area is 187 Å². The average Bonchev–Trinajstić information content (AvgIpc) is 3.26. The topological polar surface area (TPSA) is 106 Å². The number of nitrogens with one attached hydrogen (secondary N) is 2. The monoisotopic (exact) mass is 447 g/mol. The minimum Gasteiger partial charge on any atom is -0.273 e. The van der Waals surface area contributed by atoms with Crippen molar-refractivity contribution in [3.8, 4) is 10.6 Å². The number of fused-ring (bicyclic) bond motifs is 1. The summed E-state index contributed by atoms with van der Waals surface area (Å²) in [5, 5.41) is 7.63. The molecule has 9 heteroatoms. The van der Waals surface area contributed by atoms with Gasteiger partial charge in [0, 0.05) is 22.9 Å². The smallest absolute Gasteiger partial charge is 0.273 e. The van der Waals surface area contributed by atoms with Crippen LogP contribution >= 0.6 is 11.3 Å². The molecule has 162 valence electrons. The summed E-state index contributed by atoms with van der Waals surface area (Å²) in [6.45, 7) is 4.11. The normalized spacial score (nSPS) is 10.8. The van der Waals surface area contributed by atoms with Gasteiger partial charge in [-0.1, -0.05) is 48.0 Å². The molecule has 2 amide bonds. The van der Waals surface area contributed by atoms with Crippen molar-refractivity contribution >= 4 is 33.9 Å². The van der Waals surface area contributed by atoms with Gasteiger partial charge < -0.3 is 0 Å². The number of carbonyl (C=O) groups excluding carboxylic acids is 2. The van der Waals surface area contributed by atoms with Gasteiger partial charge in [-0.2, -0.15) is 5.10 Å². The van der Waals surface area contributed by atoms with E-state index in [2.05, 4.69) is 20.9 Å². The number of nitrogens with zero attached hydrogens (tertiary/aromatic N) is 3. The molecule has 0 aliphatic carbocycles. The SMILES string of the molecule is CCn1nc(C(=O)NNC(=O)Cc2csc(-c3ccc(C)cc3)n2)c2ccccc2c1=O. The third-order valence-electron chi connectivity index (χ3n) is 4.89. The number of amides is 2. The lowest BCUT2D eigenvalue weighted by Gasteiger charge is -2.10. The van der Waals surface area contributed by atoms with E-state index in [0.29, 0.717) is 23.0 Å². The highest BCUT2D eigenvalue weighted by Crippen LogP contribution is 2.24. The zero-order valence-corrected chi connectivity index (χ0v) is 18.4. The van der Waals surface area contributed by atoms with Crippen molar-refractivity contribution < 1.29 is 9.59 Å². The van der Waals surface area contributed by atoms with E-state index in [-0.39, 0.29) is 17.7 Å². The Kier molecular flexibility index (Phi) is 6.09. The molecule has 2 heterocycles. The van der Waals surface area contributed by atoms with Gasteiger partial charge in [0.1, 0.15) is 5.01 Å². The number of hydrogen-bond donors (Lipinski definition) is 2. The Morgan fingerprint density at radius 2 is 1.75 bits per heavy atom. The van der Waals surface area contributed by atoms with Crippen LogP contribution in [0, 0.1) is 6.92 Å². The molecule has 0 bridgehead atoms. The summed E-state index contributed by atoms with van der Waals surface area (Å²) in [7, 11) is 0. The van der Waals surface area contributed by atoms with Gasteiger partial charge in [0.2, 0.25) is 5.91 Å². The van der Waals surface area contributed by atoms with Crippen LogP contribution in [0.25, 0.3) is 21.3 Å². The molecule has 8 nitrogen and oxygen atoms in total. The molecule has 0 aliphatic rings. The molecule has 0 unspecified atom stereocenters. The molecule has 0 atom stereocenters. The highest BCUT2D eigenvalue weighted by Gasteiger charge is 2.17. The Morgan fingerprint density at radius 3 is 2.47 bits per heavy atom. The van der Waals surface area contributed by atoms with Crippen molar-refractivity contribution in [2.75, 3.05) is 0 Å². The van der Waals surface area contributed by atoms with Crippen LogP contribution in [0.1, 0.15) is 28.7 Å². The van der Waals surface area contributed by atoms with Crippen molar-refractivity contribution in [3.63, 3.8) is 0 Å². The number of hydrazine groups is 1. The maximum atomic E-state index is 12.7. The van der Waals surface area contributed by atoms with Crippen LogP contribution in [-0.2, 0) is 17.8 Å². The molecule has 0 aliphatic heterocycles. The van der Waals surface area contributed by atoms with Gasteiger partial charge in [0.05, 0.1) is 17.5 Å². The van der Waals surface area contributed by atoms with E-state index in [1.54, 1.807) is 31.2 Å². The second-order valence-corrected chi connectivity index (χ2v) is 8.06. The Hall–Kier alpha value is -3.85. The maximum absolute atomic E-state index is 12.7. The van der Waals surface area contributed by atoms with Crippen LogP contribution < -0.4 is 16.4 Å². The summed E-state index contributed by atoms with van der Waals surface area (Å²) in [5.74, 6) is -1.01. The van der Waals surface area contributed by atoms with Crippen LogP contribution in [0.3, 0.4) is 0 Å². The van der Waals surface area contributed by atoms with Crippen molar-refractivity contribution in [1.29, 1.82) is 0 Å². The maximum Gasteiger partial charge on any atom is 0.290 e. The molecule has 2 aromatic heterocycles. The molecule has 4 aromatic rings. The van der Waals surface area contributed by atoms with Gasteiger partial charge in [-0.05, 0) is 19.9 Å². The summed E-state index contributed by atoms with van der Waals surface area (Å²) in [6.07, 6.45) is 0.0191. The molecule has 0 spiro atoms. The van der Waals surface area contributed by atoms with Crippen molar-refractivity contribution in [2.45, 2.75) is 26.8 Å². The molecule has 32 heavy (non-hydrogen) atoms. The lowest BCUT2D eigenvalue weighted by Crippen LogP contribution is -2.43. The predicted molar refractivity (Wildman–Crippen MR) is 123 cm³/mol. The van der Waals surface area contributed by atoms with Gasteiger partial charge in [0.25, 0.3) is 11.5 Å². The molecule has 2 N–H and O–H groups in total. The van der Waals surface area contributed by atoms with Gasteiger partial charge in [-0.3, -0.25) is 25.2 Å². The zero-order chi connectivity index (χ0) is 22.7. The van der Waals surface area contributed by atoms with E-state index in [1.807, 2.05) is 36.6 Å². The number of aryl methyl sites for hydroxylation is 2. The van der Waals surface area contributed by atoms with Gasteiger partial charge in [-0.25, -0.2) is 9.67 Å². The highest BCUT2D eigenvalue weighted by molar-refractivity contribution is 7.13. The van der Waals surface area contributed by atoms with Gasteiger partial charge in [0.15, 0.2) is 5.69 Å². The Morgan fingerprint density at radius 1 is 1.03 bits per heavy atom. The first-order chi connectivity index (χ1) is 15.5. The molecular weight excluding hydrogens is 426 g/mol. The average molecular weight is 448 g/mol. The van der Waals surface area contributed by atoms with E-state index >= 15 is 0 Å². The molecule has 2 aromatic carbocycles. The van der Waals surface area contributed by atoms with Crippen LogP contribution in [0.5, 0.6) is 0 Å². The Bertz CT molecular complexity index is 1360. The summed E-state index contributed by atoms with van der Waals surface area (Å²) in [6, 6.07) is 14.8.